The lowest BCUT2D eigenvalue weighted by Crippen LogP contribution is -2.36. The molecule has 1 fully saturated rings. The van der Waals surface area contributed by atoms with Crippen molar-refractivity contribution in [2.75, 3.05) is 19.6 Å². The van der Waals surface area contributed by atoms with Crippen LogP contribution in [0.25, 0.3) is 0 Å². The molecule has 1 saturated heterocycles. The highest BCUT2D eigenvalue weighted by molar-refractivity contribution is 4.84. The van der Waals surface area contributed by atoms with E-state index in [1.54, 1.807) is 10.9 Å². The summed E-state index contributed by atoms with van der Waals surface area (Å²) < 4.78 is 1.64. The first-order valence-electron chi connectivity index (χ1n) is 5.02. The van der Waals surface area contributed by atoms with Crippen LogP contribution in [0, 0.1) is 11.3 Å². The van der Waals surface area contributed by atoms with Gasteiger partial charge in [-0.1, -0.05) is 0 Å². The van der Waals surface area contributed by atoms with E-state index in [1.165, 1.54) is 0 Å². The summed E-state index contributed by atoms with van der Waals surface area (Å²) in [6.07, 6.45) is 3.36. The van der Waals surface area contributed by atoms with Crippen molar-refractivity contribution in [3.8, 4) is 6.07 Å². The zero-order valence-electron chi connectivity index (χ0n) is 8.39. The van der Waals surface area contributed by atoms with Crippen LogP contribution in [-0.2, 0) is 0 Å². The molecule has 1 aliphatic rings. The van der Waals surface area contributed by atoms with Crippen molar-refractivity contribution in [3.63, 3.8) is 0 Å². The van der Waals surface area contributed by atoms with Gasteiger partial charge in [0.2, 0.25) is 0 Å². The van der Waals surface area contributed by atoms with Crippen molar-refractivity contribution < 1.29 is 0 Å². The van der Waals surface area contributed by atoms with Crippen molar-refractivity contribution >= 4 is 0 Å². The molecule has 0 atom stereocenters. The minimum absolute atomic E-state index is 0.145. The molecule has 2 rings (SSSR count). The lowest BCUT2D eigenvalue weighted by molar-refractivity contribution is 0.202. The van der Waals surface area contributed by atoms with Crippen LogP contribution in [0.2, 0.25) is 0 Å². The minimum Gasteiger partial charge on any atom is -0.290 e. The number of piperidine rings is 1. The Morgan fingerprint density at radius 3 is 2.87 bits per heavy atom. The molecule has 2 heterocycles. The zero-order valence-corrected chi connectivity index (χ0v) is 8.39. The number of H-pyrrole nitrogens is 1. The van der Waals surface area contributed by atoms with E-state index in [4.69, 9.17) is 5.26 Å². The molecule has 0 radical (unpaired) electrons. The third-order valence-corrected chi connectivity index (χ3v) is 2.82. The van der Waals surface area contributed by atoms with Crippen LogP contribution in [0.3, 0.4) is 0 Å². The van der Waals surface area contributed by atoms with Crippen molar-refractivity contribution in [2.24, 2.45) is 0 Å². The summed E-state index contributed by atoms with van der Waals surface area (Å²) in [6.45, 7) is 2.22. The quantitative estimate of drug-likeness (QED) is 0.677. The topological polar surface area (TPSA) is 77.7 Å². The Kier molecular flexibility index (Phi) is 2.83. The van der Waals surface area contributed by atoms with Crippen LogP contribution in [0.15, 0.2) is 11.1 Å². The normalized spacial score (nSPS) is 18.9. The number of nitriles is 1. The molecule has 1 aliphatic heterocycles. The number of aromatic amines is 1. The third kappa shape index (κ3) is 2.07. The van der Waals surface area contributed by atoms with Crippen LogP contribution < -0.4 is 5.69 Å². The molecule has 0 saturated carbocycles. The van der Waals surface area contributed by atoms with Crippen LogP contribution >= 0.6 is 0 Å². The van der Waals surface area contributed by atoms with E-state index in [9.17, 15) is 4.79 Å². The number of likely N-dealkylation sites (tertiary alicyclic amines) is 1. The predicted octanol–water partition coefficient (Wildman–Crippen LogP) is -0.268. The Labute approximate surface area is 87.1 Å². The second kappa shape index (κ2) is 4.28. The van der Waals surface area contributed by atoms with Gasteiger partial charge in [-0.2, -0.15) is 10.4 Å². The first-order chi connectivity index (χ1) is 7.31. The summed E-state index contributed by atoms with van der Waals surface area (Å²) in [4.78, 5) is 13.4. The maximum atomic E-state index is 11.3. The van der Waals surface area contributed by atoms with Crippen molar-refractivity contribution in [1.82, 2.24) is 19.7 Å². The van der Waals surface area contributed by atoms with E-state index < -0.39 is 0 Å². The Morgan fingerprint density at radius 1 is 1.60 bits per heavy atom. The molecule has 0 bridgehead atoms. The van der Waals surface area contributed by atoms with Gasteiger partial charge in [0.05, 0.1) is 12.6 Å². The highest BCUT2D eigenvalue weighted by Gasteiger charge is 2.21. The van der Waals surface area contributed by atoms with Gasteiger partial charge in [-0.3, -0.25) is 9.47 Å². The van der Waals surface area contributed by atoms with Gasteiger partial charge in [0.25, 0.3) is 0 Å². The molecule has 15 heavy (non-hydrogen) atoms. The first kappa shape index (κ1) is 9.93. The fourth-order valence-corrected chi connectivity index (χ4v) is 1.97. The van der Waals surface area contributed by atoms with E-state index in [1.807, 2.05) is 0 Å². The Morgan fingerprint density at radius 2 is 2.33 bits per heavy atom. The van der Waals surface area contributed by atoms with Crippen molar-refractivity contribution in [2.45, 2.75) is 18.9 Å². The number of nitrogens with one attached hydrogen (secondary N) is 1. The van der Waals surface area contributed by atoms with Crippen LogP contribution in [-0.4, -0.2) is 39.3 Å². The summed E-state index contributed by atoms with van der Waals surface area (Å²) in [5.41, 5.74) is -0.145. The second-order valence-electron chi connectivity index (χ2n) is 3.73. The standard InChI is InChI=1S/C9H13N5O/c10-3-6-13-4-1-8(2-5-13)14-7-11-12-9(14)15/h7-8H,1-2,4-6H2,(H,12,15). The summed E-state index contributed by atoms with van der Waals surface area (Å²) in [6, 6.07) is 2.37. The molecule has 80 valence electrons. The summed E-state index contributed by atoms with van der Waals surface area (Å²) in [5, 5.41) is 14.7. The van der Waals surface area contributed by atoms with E-state index in [0.29, 0.717) is 6.54 Å². The van der Waals surface area contributed by atoms with Gasteiger partial charge in [0.1, 0.15) is 6.33 Å². The molecule has 0 aromatic carbocycles. The smallest absolute Gasteiger partial charge is 0.290 e. The van der Waals surface area contributed by atoms with Gasteiger partial charge < -0.3 is 0 Å². The SMILES string of the molecule is N#CCN1CCC(n2cn[nH]c2=O)CC1. The monoisotopic (exact) mass is 207 g/mol. The Bertz CT molecular complexity index is 407. The fraction of sp³-hybridized carbons (Fsp3) is 0.667. The summed E-state index contributed by atoms with van der Waals surface area (Å²) in [5.74, 6) is 0. The Balaban J connectivity index is 1.97. The van der Waals surface area contributed by atoms with E-state index in [-0.39, 0.29) is 11.7 Å². The number of nitrogens with zero attached hydrogens (tertiary/aromatic N) is 4. The van der Waals surface area contributed by atoms with Crippen molar-refractivity contribution in [1.29, 1.82) is 5.26 Å². The van der Waals surface area contributed by atoms with Gasteiger partial charge in [0.15, 0.2) is 0 Å². The van der Waals surface area contributed by atoms with E-state index >= 15 is 0 Å². The lowest BCUT2D eigenvalue weighted by atomic mass is 10.1. The van der Waals surface area contributed by atoms with Gasteiger partial charge in [-0.15, -0.1) is 0 Å². The third-order valence-electron chi connectivity index (χ3n) is 2.82. The van der Waals surface area contributed by atoms with Gasteiger partial charge in [0, 0.05) is 19.1 Å². The molecular formula is C9H13N5O. The van der Waals surface area contributed by atoms with Crippen molar-refractivity contribution in [3.05, 3.63) is 16.8 Å². The second-order valence-corrected chi connectivity index (χ2v) is 3.73. The maximum absolute atomic E-state index is 11.3. The molecule has 0 aliphatic carbocycles. The first-order valence-corrected chi connectivity index (χ1v) is 5.02. The molecule has 0 spiro atoms. The molecule has 0 unspecified atom stereocenters. The largest absolute Gasteiger partial charge is 0.343 e. The predicted molar refractivity (Wildman–Crippen MR) is 53.2 cm³/mol. The highest BCUT2D eigenvalue weighted by Crippen LogP contribution is 2.19. The van der Waals surface area contributed by atoms with Crippen LogP contribution in [0.5, 0.6) is 0 Å². The highest BCUT2D eigenvalue weighted by atomic mass is 16.1. The van der Waals surface area contributed by atoms with E-state index in [0.717, 1.165) is 25.9 Å². The average Bonchev–Trinajstić information content (AvgIpc) is 2.66. The minimum atomic E-state index is -0.145. The fourth-order valence-electron chi connectivity index (χ4n) is 1.97. The lowest BCUT2D eigenvalue weighted by Gasteiger charge is -2.30. The molecule has 1 aromatic heterocycles. The molecule has 6 heteroatoms. The van der Waals surface area contributed by atoms with Gasteiger partial charge in [-0.05, 0) is 12.8 Å². The molecule has 1 aromatic rings. The molecular weight excluding hydrogens is 194 g/mol. The zero-order chi connectivity index (χ0) is 10.7. The molecule has 1 N–H and O–H groups in total. The Hall–Kier alpha value is -1.61. The van der Waals surface area contributed by atoms with Crippen LogP contribution in [0.4, 0.5) is 0 Å². The molecule has 6 nitrogen and oxygen atoms in total. The average molecular weight is 207 g/mol. The number of hydrogen-bond donors (Lipinski definition) is 1. The summed E-state index contributed by atoms with van der Waals surface area (Å²) in [7, 11) is 0. The maximum Gasteiger partial charge on any atom is 0.343 e. The van der Waals surface area contributed by atoms with Gasteiger partial charge >= 0.3 is 5.69 Å². The van der Waals surface area contributed by atoms with Gasteiger partial charge in [-0.25, -0.2) is 9.89 Å². The molecule has 0 amide bonds. The summed E-state index contributed by atoms with van der Waals surface area (Å²) >= 11 is 0. The number of hydrogen-bond acceptors (Lipinski definition) is 4. The number of rotatable bonds is 2. The number of aromatic nitrogens is 3. The van der Waals surface area contributed by atoms with E-state index in [2.05, 4.69) is 21.2 Å². The van der Waals surface area contributed by atoms with Crippen LogP contribution in [0.1, 0.15) is 18.9 Å².